The Morgan fingerprint density at radius 2 is 2.08 bits per heavy atom. The van der Waals surface area contributed by atoms with Crippen molar-refractivity contribution in [2.45, 2.75) is 13.1 Å². The summed E-state index contributed by atoms with van der Waals surface area (Å²) in [6.07, 6.45) is 2.84. The molecule has 0 fully saturated rings. The molecule has 2 heterocycles. The van der Waals surface area contributed by atoms with Crippen LogP contribution in [0.25, 0.3) is 11.0 Å². The van der Waals surface area contributed by atoms with Crippen LogP contribution in [0, 0.1) is 0 Å². The van der Waals surface area contributed by atoms with Crippen LogP contribution in [0.15, 0.2) is 53.6 Å². The Bertz CT molecular complexity index is 936. The highest BCUT2D eigenvalue weighted by atomic mass is 16.5. The van der Waals surface area contributed by atoms with Gasteiger partial charge >= 0.3 is 0 Å². The minimum atomic E-state index is -0.311. The van der Waals surface area contributed by atoms with Gasteiger partial charge in [-0.15, -0.1) is 0 Å². The molecule has 0 saturated heterocycles. The van der Waals surface area contributed by atoms with Crippen LogP contribution in [-0.4, -0.2) is 27.6 Å². The molecule has 122 valence electrons. The predicted molar refractivity (Wildman–Crippen MR) is 88.6 cm³/mol. The van der Waals surface area contributed by atoms with Gasteiger partial charge in [0.1, 0.15) is 6.54 Å². The van der Waals surface area contributed by atoms with E-state index in [0.717, 1.165) is 5.56 Å². The molecule has 0 unspecified atom stereocenters. The number of benzene rings is 1. The van der Waals surface area contributed by atoms with E-state index in [1.54, 1.807) is 36.5 Å². The van der Waals surface area contributed by atoms with E-state index in [9.17, 15) is 9.59 Å². The van der Waals surface area contributed by atoms with Crippen LogP contribution < -0.4 is 15.6 Å². The lowest BCUT2D eigenvalue weighted by Crippen LogP contribution is -2.32. The Kier molecular flexibility index (Phi) is 4.51. The van der Waals surface area contributed by atoms with Crippen LogP contribution in [-0.2, 0) is 17.9 Å². The maximum absolute atomic E-state index is 12.2. The first-order valence-electron chi connectivity index (χ1n) is 7.37. The summed E-state index contributed by atoms with van der Waals surface area (Å²) in [5.74, 6) is 0.224. The average Bonchev–Trinajstić information content (AvgIpc) is 2.62. The summed E-state index contributed by atoms with van der Waals surface area (Å²) >= 11 is 0. The van der Waals surface area contributed by atoms with E-state index >= 15 is 0 Å². The van der Waals surface area contributed by atoms with E-state index in [1.165, 1.54) is 17.9 Å². The molecule has 24 heavy (non-hydrogen) atoms. The molecule has 1 aromatic carbocycles. The molecule has 0 aliphatic carbocycles. The SMILES string of the molecule is COc1cc(CNC(=O)Cn2c(=O)cnc3ccccc32)ccn1. The van der Waals surface area contributed by atoms with Crippen molar-refractivity contribution >= 4 is 16.9 Å². The van der Waals surface area contributed by atoms with Crippen molar-refractivity contribution in [3.8, 4) is 5.88 Å². The second-order valence-corrected chi connectivity index (χ2v) is 5.15. The molecule has 0 spiro atoms. The Balaban J connectivity index is 1.73. The van der Waals surface area contributed by atoms with Gasteiger partial charge in [-0.1, -0.05) is 12.1 Å². The lowest BCUT2D eigenvalue weighted by molar-refractivity contribution is -0.121. The normalized spacial score (nSPS) is 10.5. The fraction of sp³-hybridized carbons (Fsp3) is 0.176. The highest BCUT2D eigenvalue weighted by Crippen LogP contribution is 2.09. The Labute approximate surface area is 137 Å². The summed E-state index contributed by atoms with van der Waals surface area (Å²) in [5.41, 5.74) is 1.85. The molecule has 0 atom stereocenters. The molecule has 0 radical (unpaired) electrons. The van der Waals surface area contributed by atoms with Gasteiger partial charge in [0.05, 0.1) is 24.3 Å². The number of methoxy groups -OCH3 is 1. The smallest absolute Gasteiger partial charge is 0.269 e. The van der Waals surface area contributed by atoms with Gasteiger partial charge in [-0.25, -0.2) is 9.97 Å². The van der Waals surface area contributed by atoms with Crippen LogP contribution in [0.4, 0.5) is 0 Å². The quantitative estimate of drug-likeness (QED) is 0.760. The van der Waals surface area contributed by atoms with E-state index in [0.29, 0.717) is 23.5 Å². The van der Waals surface area contributed by atoms with Crippen molar-refractivity contribution in [3.63, 3.8) is 0 Å². The Hall–Kier alpha value is -3.22. The number of amides is 1. The number of nitrogens with one attached hydrogen (secondary N) is 1. The molecule has 0 aliphatic heterocycles. The van der Waals surface area contributed by atoms with Crippen molar-refractivity contribution in [3.05, 3.63) is 64.7 Å². The molecule has 7 heteroatoms. The van der Waals surface area contributed by atoms with E-state index in [-0.39, 0.29) is 18.0 Å². The number of carbonyl (C=O) groups excluding carboxylic acids is 1. The second kappa shape index (κ2) is 6.91. The first-order chi connectivity index (χ1) is 11.7. The van der Waals surface area contributed by atoms with Crippen molar-refractivity contribution < 1.29 is 9.53 Å². The fourth-order valence-electron chi connectivity index (χ4n) is 2.35. The zero-order valence-corrected chi connectivity index (χ0v) is 13.1. The number of rotatable bonds is 5. The summed E-state index contributed by atoms with van der Waals surface area (Å²) < 4.78 is 6.45. The highest BCUT2D eigenvalue weighted by Gasteiger charge is 2.09. The van der Waals surface area contributed by atoms with Gasteiger partial charge in [-0.2, -0.15) is 0 Å². The number of hydrogen-bond acceptors (Lipinski definition) is 5. The topological polar surface area (TPSA) is 86.1 Å². The molecule has 3 aromatic rings. The zero-order valence-electron chi connectivity index (χ0n) is 13.1. The molecule has 2 aromatic heterocycles. The average molecular weight is 324 g/mol. The molecule has 3 rings (SSSR count). The molecule has 0 saturated carbocycles. The maximum Gasteiger partial charge on any atom is 0.269 e. The number of hydrogen-bond donors (Lipinski definition) is 1. The van der Waals surface area contributed by atoms with Crippen LogP contribution in [0.1, 0.15) is 5.56 Å². The van der Waals surface area contributed by atoms with Gasteiger partial charge in [-0.3, -0.25) is 14.2 Å². The maximum atomic E-state index is 12.2. The Morgan fingerprint density at radius 1 is 1.25 bits per heavy atom. The summed E-state index contributed by atoms with van der Waals surface area (Å²) in [5, 5.41) is 2.79. The minimum Gasteiger partial charge on any atom is -0.481 e. The number of carbonyl (C=O) groups is 1. The molecule has 7 nitrogen and oxygen atoms in total. The van der Waals surface area contributed by atoms with Crippen molar-refractivity contribution in [2.75, 3.05) is 7.11 Å². The van der Waals surface area contributed by atoms with Gasteiger partial charge in [-0.05, 0) is 23.8 Å². The molecule has 0 aliphatic rings. The minimum absolute atomic E-state index is 0.0654. The Morgan fingerprint density at radius 3 is 2.92 bits per heavy atom. The standard InChI is InChI=1S/C17H16N4O3/c1-24-16-8-12(6-7-18-16)9-20-15(22)11-21-14-5-3-2-4-13(14)19-10-17(21)23/h2-8,10H,9,11H2,1H3,(H,20,22). The zero-order chi connectivity index (χ0) is 16.9. The second-order valence-electron chi connectivity index (χ2n) is 5.15. The fourth-order valence-corrected chi connectivity index (χ4v) is 2.35. The van der Waals surface area contributed by atoms with Gasteiger partial charge in [0.25, 0.3) is 5.56 Å². The van der Waals surface area contributed by atoms with E-state index in [2.05, 4.69) is 15.3 Å². The molecule has 1 amide bonds. The summed E-state index contributed by atoms with van der Waals surface area (Å²) in [6, 6.07) is 10.7. The predicted octanol–water partition coefficient (Wildman–Crippen LogP) is 1.12. The number of fused-ring (bicyclic) bond motifs is 1. The molecular formula is C17H16N4O3. The van der Waals surface area contributed by atoms with Crippen molar-refractivity contribution in [2.24, 2.45) is 0 Å². The van der Waals surface area contributed by atoms with Gasteiger partial charge in [0.15, 0.2) is 0 Å². The third-order valence-electron chi connectivity index (χ3n) is 3.55. The molecule has 1 N–H and O–H groups in total. The third kappa shape index (κ3) is 3.40. The third-order valence-corrected chi connectivity index (χ3v) is 3.55. The number of nitrogens with zero attached hydrogens (tertiary/aromatic N) is 3. The number of pyridine rings is 1. The summed E-state index contributed by atoms with van der Waals surface area (Å²) in [6.45, 7) is 0.263. The highest BCUT2D eigenvalue weighted by molar-refractivity contribution is 5.79. The number of aromatic nitrogens is 3. The first kappa shape index (κ1) is 15.7. The van der Waals surface area contributed by atoms with Gasteiger partial charge < -0.3 is 10.1 Å². The van der Waals surface area contributed by atoms with Crippen LogP contribution in [0.5, 0.6) is 5.88 Å². The summed E-state index contributed by atoms with van der Waals surface area (Å²) in [7, 11) is 1.53. The lowest BCUT2D eigenvalue weighted by atomic mass is 10.2. The first-order valence-corrected chi connectivity index (χ1v) is 7.37. The van der Waals surface area contributed by atoms with Crippen LogP contribution in [0.2, 0.25) is 0 Å². The molecule has 0 bridgehead atoms. The molecular weight excluding hydrogens is 308 g/mol. The van der Waals surface area contributed by atoms with Gasteiger partial charge in [0, 0.05) is 18.8 Å². The largest absolute Gasteiger partial charge is 0.481 e. The van der Waals surface area contributed by atoms with Crippen LogP contribution >= 0.6 is 0 Å². The number of ether oxygens (including phenoxy) is 1. The lowest BCUT2D eigenvalue weighted by Gasteiger charge is -2.10. The van der Waals surface area contributed by atoms with Crippen LogP contribution in [0.3, 0.4) is 0 Å². The van der Waals surface area contributed by atoms with Crippen molar-refractivity contribution in [1.82, 2.24) is 19.9 Å². The number of para-hydroxylation sites is 2. The monoisotopic (exact) mass is 324 g/mol. The van der Waals surface area contributed by atoms with Crippen molar-refractivity contribution in [1.29, 1.82) is 0 Å². The summed E-state index contributed by atoms with van der Waals surface area (Å²) in [4.78, 5) is 32.3. The van der Waals surface area contributed by atoms with E-state index < -0.39 is 0 Å². The van der Waals surface area contributed by atoms with E-state index in [1.807, 2.05) is 6.07 Å². The van der Waals surface area contributed by atoms with Gasteiger partial charge in [0.2, 0.25) is 11.8 Å². The van der Waals surface area contributed by atoms with E-state index in [4.69, 9.17) is 4.74 Å².